The van der Waals surface area contributed by atoms with Crippen molar-refractivity contribution in [3.63, 3.8) is 0 Å². The Morgan fingerprint density at radius 1 is 0.547 bits per heavy atom. The fourth-order valence-corrected chi connectivity index (χ4v) is 8.04. The highest BCUT2D eigenvalue weighted by molar-refractivity contribution is 7.47. The fraction of sp³-hybridized carbons (Fsp3) is 0.667. The first-order valence-electron chi connectivity index (χ1n) is 25.1. The van der Waals surface area contributed by atoms with Crippen molar-refractivity contribution in [3.05, 3.63) is 82.9 Å². The molecule has 2 rings (SSSR count). The number of quaternary nitrogens is 1. The van der Waals surface area contributed by atoms with Crippen molar-refractivity contribution >= 4 is 31.9 Å². The second-order valence-corrected chi connectivity index (χ2v) is 20.3. The summed E-state index contributed by atoms with van der Waals surface area (Å²) in [5.74, 6) is -0.809. The largest absolute Gasteiger partial charge is 0.472 e. The normalized spacial score (nSPS) is 13.4. The molecule has 0 bridgehead atoms. The van der Waals surface area contributed by atoms with E-state index in [4.69, 9.17) is 18.5 Å². The number of rotatable bonds is 40. The molecule has 0 saturated heterocycles. The highest BCUT2D eigenvalue weighted by Gasteiger charge is 2.27. The average molecular weight is 911 g/mol. The summed E-state index contributed by atoms with van der Waals surface area (Å²) in [4.78, 5) is 35.6. The zero-order valence-corrected chi connectivity index (χ0v) is 41.8. The van der Waals surface area contributed by atoms with E-state index in [0.717, 1.165) is 51.4 Å². The molecule has 0 radical (unpaired) electrons. The Balaban J connectivity index is 1.53. The number of likely N-dealkylation sites (N-methyl/N-ethyl adjacent to an activating group) is 1. The molecule has 362 valence electrons. The molecule has 0 spiro atoms. The highest BCUT2D eigenvalue weighted by atomic mass is 31.2. The smallest absolute Gasteiger partial charge is 0.462 e. The Morgan fingerprint density at radius 2 is 0.922 bits per heavy atom. The van der Waals surface area contributed by atoms with Gasteiger partial charge in [-0.05, 0) is 63.5 Å². The number of phosphoric acid groups is 1. The van der Waals surface area contributed by atoms with Crippen molar-refractivity contribution in [1.82, 2.24) is 0 Å². The van der Waals surface area contributed by atoms with E-state index in [9.17, 15) is 19.0 Å². The lowest BCUT2D eigenvalue weighted by molar-refractivity contribution is -0.870. The number of carbonyl (C=O) groups is 2. The highest BCUT2D eigenvalue weighted by Crippen LogP contribution is 2.43. The average Bonchev–Trinajstić information content (AvgIpc) is 3.25. The van der Waals surface area contributed by atoms with Crippen LogP contribution in [0.15, 0.2) is 60.7 Å². The Kier molecular flexibility index (Phi) is 32.2. The molecule has 2 aromatic carbocycles. The van der Waals surface area contributed by atoms with Crippen LogP contribution in [-0.4, -0.2) is 74.9 Å². The van der Waals surface area contributed by atoms with Gasteiger partial charge >= 0.3 is 19.8 Å². The van der Waals surface area contributed by atoms with E-state index in [-0.39, 0.29) is 32.0 Å². The predicted molar refractivity (Wildman–Crippen MR) is 266 cm³/mol. The maximum atomic E-state index is 12.8. The fourth-order valence-electron chi connectivity index (χ4n) is 7.30. The number of allylic oxidation sites excluding steroid dienone is 2. The van der Waals surface area contributed by atoms with Crippen LogP contribution in [0.25, 0.3) is 12.2 Å². The van der Waals surface area contributed by atoms with E-state index < -0.39 is 26.5 Å². The number of unbranched alkanes of at least 4 members (excludes halogenated alkanes) is 22. The van der Waals surface area contributed by atoms with Crippen molar-refractivity contribution in [1.29, 1.82) is 0 Å². The van der Waals surface area contributed by atoms with Crippen LogP contribution in [0.2, 0.25) is 0 Å². The minimum absolute atomic E-state index is 0.0265. The number of esters is 2. The van der Waals surface area contributed by atoms with Crippen LogP contribution >= 0.6 is 7.82 Å². The molecule has 10 heteroatoms. The molecule has 2 aromatic rings. The Morgan fingerprint density at radius 3 is 1.33 bits per heavy atom. The van der Waals surface area contributed by atoms with Gasteiger partial charge in [0.25, 0.3) is 0 Å². The SMILES string of the molecule is Cc1ccc(/C=C/CCCCCCCCCCCCCC(=O)OC[C@H](COP(=O)(O)OCC[N+](C)(C)C)OC(=O)CCCCCCCCCCCCC/C=C/c2ccc(C)cc2)cc1. The summed E-state index contributed by atoms with van der Waals surface area (Å²) in [6, 6.07) is 17.3. The zero-order valence-electron chi connectivity index (χ0n) is 40.9. The molecule has 0 saturated carbocycles. The lowest BCUT2D eigenvalue weighted by Gasteiger charge is -2.24. The molecule has 1 unspecified atom stereocenters. The van der Waals surface area contributed by atoms with Crippen molar-refractivity contribution in [2.45, 2.75) is 187 Å². The second-order valence-electron chi connectivity index (χ2n) is 18.9. The van der Waals surface area contributed by atoms with E-state index in [2.05, 4.69) is 86.7 Å². The molecule has 0 heterocycles. The van der Waals surface area contributed by atoms with Gasteiger partial charge in [-0.1, -0.05) is 200 Å². The topological polar surface area (TPSA) is 108 Å². The molecule has 0 amide bonds. The number of aryl methyl sites for hydroxylation is 2. The summed E-state index contributed by atoms with van der Waals surface area (Å²) in [6.45, 7) is 4.12. The van der Waals surface area contributed by atoms with Crippen molar-refractivity contribution < 1.29 is 42.1 Å². The van der Waals surface area contributed by atoms with E-state index in [1.807, 2.05) is 21.1 Å². The van der Waals surface area contributed by atoms with Crippen molar-refractivity contribution in [2.24, 2.45) is 0 Å². The van der Waals surface area contributed by atoms with E-state index in [0.29, 0.717) is 17.4 Å². The molecule has 0 aliphatic heterocycles. The maximum absolute atomic E-state index is 12.8. The van der Waals surface area contributed by atoms with E-state index in [1.54, 1.807) is 0 Å². The van der Waals surface area contributed by atoms with E-state index in [1.165, 1.54) is 119 Å². The van der Waals surface area contributed by atoms with Gasteiger partial charge in [0.05, 0.1) is 27.7 Å². The number of hydrogen-bond donors (Lipinski definition) is 1. The molecule has 9 nitrogen and oxygen atoms in total. The summed E-state index contributed by atoms with van der Waals surface area (Å²) in [7, 11) is 1.46. The number of carbonyl (C=O) groups excluding carboxylic acids is 2. The molecule has 64 heavy (non-hydrogen) atoms. The van der Waals surface area contributed by atoms with E-state index >= 15 is 0 Å². The molecule has 0 aliphatic rings. The van der Waals surface area contributed by atoms with Gasteiger partial charge in [0.2, 0.25) is 0 Å². The van der Waals surface area contributed by atoms with Gasteiger partial charge in [-0.25, -0.2) is 4.57 Å². The van der Waals surface area contributed by atoms with Crippen LogP contribution in [0.3, 0.4) is 0 Å². The van der Waals surface area contributed by atoms with Gasteiger partial charge in [-0.15, -0.1) is 0 Å². The molecular weight excluding hydrogens is 822 g/mol. The van der Waals surface area contributed by atoms with Crippen LogP contribution in [0.4, 0.5) is 0 Å². The third kappa shape index (κ3) is 34.3. The van der Waals surface area contributed by atoms with Crippen molar-refractivity contribution in [2.75, 3.05) is 47.5 Å². The molecule has 1 N–H and O–H groups in total. The lowest BCUT2D eigenvalue weighted by Crippen LogP contribution is -2.37. The van der Waals surface area contributed by atoms with Crippen LogP contribution in [0.5, 0.6) is 0 Å². The number of benzene rings is 2. The molecule has 0 fully saturated rings. The summed E-state index contributed by atoms with van der Waals surface area (Å²) in [5, 5.41) is 0. The van der Waals surface area contributed by atoms with Gasteiger partial charge in [-0.2, -0.15) is 0 Å². The molecular formula is C54H89NO8P+. The lowest BCUT2D eigenvalue weighted by atomic mass is 10.0. The molecule has 0 aromatic heterocycles. The zero-order chi connectivity index (χ0) is 46.6. The van der Waals surface area contributed by atoms with Gasteiger partial charge in [0.15, 0.2) is 6.10 Å². The first kappa shape index (κ1) is 57.1. The van der Waals surface area contributed by atoms with Crippen LogP contribution < -0.4 is 0 Å². The third-order valence-corrected chi connectivity index (χ3v) is 12.4. The summed E-state index contributed by atoms with van der Waals surface area (Å²) in [5.41, 5.74) is 5.13. The summed E-state index contributed by atoms with van der Waals surface area (Å²) >= 11 is 0. The Bertz CT molecular complexity index is 1580. The van der Waals surface area contributed by atoms with Gasteiger partial charge in [0.1, 0.15) is 19.8 Å². The van der Waals surface area contributed by atoms with Gasteiger partial charge in [-0.3, -0.25) is 18.6 Å². The van der Waals surface area contributed by atoms with Crippen LogP contribution in [-0.2, 0) is 32.7 Å². The van der Waals surface area contributed by atoms with Crippen LogP contribution in [0.1, 0.15) is 189 Å². The minimum Gasteiger partial charge on any atom is -0.462 e. The predicted octanol–water partition coefficient (Wildman–Crippen LogP) is 14.5. The summed E-state index contributed by atoms with van der Waals surface area (Å²) < 4.78 is 34.5. The molecule has 2 atom stereocenters. The number of phosphoric ester groups is 1. The monoisotopic (exact) mass is 911 g/mol. The standard InChI is InChI=1S/C54H88NO8P/c1-48-36-40-50(41-37-48)32-28-24-20-16-12-8-6-10-14-18-22-26-30-34-53(56)60-46-52(47-62-64(58,59)61-45-44-55(3,4)5)63-54(57)35-31-27-23-19-15-11-7-9-13-17-21-25-29-33-51-42-38-49(2)39-43-51/h28-29,32-33,36-43,52H,6-27,30-31,34-35,44-47H2,1-5H3/p+1/b32-28+,33-29+/t52-/m1/s1. The Hall–Kier alpha value is -3.07. The van der Waals surface area contributed by atoms with Gasteiger partial charge < -0.3 is 18.9 Å². The van der Waals surface area contributed by atoms with Gasteiger partial charge in [0, 0.05) is 12.8 Å². The first-order valence-corrected chi connectivity index (χ1v) is 26.5. The molecule has 0 aliphatic carbocycles. The Labute approximate surface area is 390 Å². The number of ether oxygens (including phenoxy) is 2. The summed E-state index contributed by atoms with van der Waals surface area (Å²) in [6.07, 6.45) is 36.3. The minimum atomic E-state index is -4.39. The quantitative estimate of drug-likeness (QED) is 0.0305. The third-order valence-electron chi connectivity index (χ3n) is 11.4. The number of nitrogens with zero attached hydrogens (tertiary/aromatic N) is 1. The van der Waals surface area contributed by atoms with Crippen LogP contribution in [0, 0.1) is 13.8 Å². The first-order chi connectivity index (χ1) is 30.8. The number of hydrogen-bond acceptors (Lipinski definition) is 7. The van der Waals surface area contributed by atoms with Crippen molar-refractivity contribution in [3.8, 4) is 0 Å². The second kappa shape index (κ2) is 36.1. The maximum Gasteiger partial charge on any atom is 0.472 e.